The van der Waals surface area contributed by atoms with Crippen LogP contribution in [-0.4, -0.2) is 27.2 Å². The van der Waals surface area contributed by atoms with Crippen molar-refractivity contribution in [2.45, 2.75) is 12.6 Å². The molecule has 1 amide bonds. The first-order valence-corrected chi connectivity index (χ1v) is 7.84. The molecule has 0 atom stereocenters. The van der Waals surface area contributed by atoms with E-state index in [1.807, 2.05) is 36.5 Å². The molecule has 5 nitrogen and oxygen atoms in total. The number of pyridine rings is 1. The van der Waals surface area contributed by atoms with Crippen LogP contribution >= 0.6 is 0 Å². The van der Waals surface area contributed by atoms with Gasteiger partial charge >= 0.3 is 6.18 Å². The molecule has 26 heavy (non-hydrogen) atoms. The summed E-state index contributed by atoms with van der Waals surface area (Å²) >= 11 is 0. The highest BCUT2D eigenvalue weighted by atomic mass is 19.4. The number of benzene rings is 1. The van der Waals surface area contributed by atoms with Crippen LogP contribution in [-0.2, 0) is 12.6 Å². The van der Waals surface area contributed by atoms with Crippen LogP contribution in [0.15, 0.2) is 61.1 Å². The van der Waals surface area contributed by atoms with Crippen molar-refractivity contribution in [3.05, 3.63) is 77.9 Å². The monoisotopic (exact) mass is 360 g/mol. The van der Waals surface area contributed by atoms with Gasteiger partial charge in [0.05, 0.1) is 11.3 Å². The van der Waals surface area contributed by atoms with E-state index in [0.29, 0.717) is 13.0 Å². The van der Waals surface area contributed by atoms with Crippen molar-refractivity contribution in [1.29, 1.82) is 0 Å². The summed E-state index contributed by atoms with van der Waals surface area (Å²) in [6.07, 6.45) is 0.542. The number of carbonyl (C=O) groups excluding carboxylic acids is 1. The fourth-order valence-corrected chi connectivity index (χ4v) is 2.36. The maximum Gasteiger partial charge on any atom is 0.433 e. The standard InChI is InChI=1S/C18H15F3N4O/c19-18(20,21)16-7-4-14(12-23-16)17(26)22-10-8-13-2-5-15(6-3-13)25-11-1-9-24-25/h1-7,9,11-12H,8,10H2,(H,22,26). The molecule has 0 spiro atoms. The van der Waals surface area contributed by atoms with Crippen molar-refractivity contribution >= 4 is 5.91 Å². The predicted octanol–water partition coefficient (Wildman–Crippen LogP) is 3.26. The number of carbonyl (C=O) groups is 1. The summed E-state index contributed by atoms with van der Waals surface area (Å²) in [4.78, 5) is 15.2. The number of nitrogens with one attached hydrogen (secondary N) is 1. The van der Waals surface area contributed by atoms with Gasteiger partial charge in [0, 0.05) is 25.1 Å². The molecule has 0 aliphatic rings. The lowest BCUT2D eigenvalue weighted by Crippen LogP contribution is -2.26. The largest absolute Gasteiger partial charge is 0.433 e. The smallest absolute Gasteiger partial charge is 0.352 e. The van der Waals surface area contributed by atoms with Crippen LogP contribution in [0.25, 0.3) is 5.69 Å². The van der Waals surface area contributed by atoms with E-state index < -0.39 is 17.8 Å². The number of halogens is 3. The molecule has 0 fully saturated rings. The normalized spacial score (nSPS) is 11.3. The summed E-state index contributed by atoms with van der Waals surface area (Å²) in [6.45, 7) is 0.362. The molecule has 0 aliphatic heterocycles. The van der Waals surface area contributed by atoms with Gasteiger partial charge in [-0.1, -0.05) is 12.1 Å². The summed E-state index contributed by atoms with van der Waals surface area (Å²) in [5, 5.41) is 6.81. The fourth-order valence-electron chi connectivity index (χ4n) is 2.36. The van der Waals surface area contributed by atoms with Gasteiger partial charge in [0.25, 0.3) is 5.91 Å². The van der Waals surface area contributed by atoms with Crippen molar-refractivity contribution in [3.63, 3.8) is 0 Å². The first-order chi connectivity index (χ1) is 12.4. The second-order valence-electron chi connectivity index (χ2n) is 5.55. The van der Waals surface area contributed by atoms with Crippen LogP contribution in [0.1, 0.15) is 21.6 Å². The molecule has 0 aliphatic carbocycles. The average Bonchev–Trinajstić information content (AvgIpc) is 3.16. The van der Waals surface area contributed by atoms with E-state index in [-0.39, 0.29) is 5.56 Å². The number of hydrogen-bond donors (Lipinski definition) is 1. The number of alkyl halides is 3. The average molecular weight is 360 g/mol. The van der Waals surface area contributed by atoms with Crippen molar-refractivity contribution in [2.24, 2.45) is 0 Å². The topological polar surface area (TPSA) is 59.8 Å². The van der Waals surface area contributed by atoms with Gasteiger partial charge in [-0.3, -0.25) is 9.78 Å². The van der Waals surface area contributed by atoms with Crippen molar-refractivity contribution < 1.29 is 18.0 Å². The van der Waals surface area contributed by atoms with Crippen LogP contribution in [0.4, 0.5) is 13.2 Å². The SMILES string of the molecule is O=C(NCCc1ccc(-n2cccn2)cc1)c1ccc(C(F)(F)F)nc1. The van der Waals surface area contributed by atoms with Crippen molar-refractivity contribution in [3.8, 4) is 5.69 Å². The highest BCUT2D eigenvalue weighted by molar-refractivity contribution is 5.93. The molecule has 0 radical (unpaired) electrons. The number of aromatic nitrogens is 3. The van der Waals surface area contributed by atoms with Gasteiger partial charge < -0.3 is 5.32 Å². The molecule has 2 aromatic heterocycles. The molecular weight excluding hydrogens is 345 g/mol. The summed E-state index contributed by atoms with van der Waals surface area (Å²) in [5.74, 6) is -0.459. The van der Waals surface area contributed by atoms with Crippen LogP contribution in [0.2, 0.25) is 0 Å². The van der Waals surface area contributed by atoms with Gasteiger partial charge in [0.1, 0.15) is 5.69 Å². The predicted molar refractivity (Wildman–Crippen MR) is 88.8 cm³/mol. The van der Waals surface area contributed by atoms with E-state index in [4.69, 9.17) is 0 Å². The lowest BCUT2D eigenvalue weighted by molar-refractivity contribution is -0.141. The Hall–Kier alpha value is -3.16. The number of nitrogens with zero attached hydrogens (tertiary/aromatic N) is 3. The Bertz CT molecular complexity index is 857. The molecule has 0 saturated carbocycles. The van der Waals surface area contributed by atoms with E-state index in [1.54, 1.807) is 10.9 Å². The Morgan fingerprint density at radius 1 is 1.12 bits per heavy atom. The lowest BCUT2D eigenvalue weighted by atomic mass is 10.1. The highest BCUT2D eigenvalue weighted by Crippen LogP contribution is 2.27. The summed E-state index contributed by atoms with van der Waals surface area (Å²) in [5.41, 5.74) is 1.02. The molecular formula is C18H15F3N4O. The van der Waals surface area contributed by atoms with E-state index in [9.17, 15) is 18.0 Å². The molecule has 3 rings (SSSR count). The maximum atomic E-state index is 12.5. The summed E-state index contributed by atoms with van der Waals surface area (Å²) in [6, 6.07) is 11.5. The highest BCUT2D eigenvalue weighted by Gasteiger charge is 2.32. The molecule has 0 bridgehead atoms. The maximum absolute atomic E-state index is 12.5. The number of rotatable bonds is 5. The Balaban J connectivity index is 1.52. The van der Waals surface area contributed by atoms with E-state index in [2.05, 4.69) is 15.4 Å². The van der Waals surface area contributed by atoms with Gasteiger partial charge in [-0.05, 0) is 42.3 Å². The summed E-state index contributed by atoms with van der Waals surface area (Å²) in [7, 11) is 0. The molecule has 134 valence electrons. The van der Waals surface area contributed by atoms with E-state index in [0.717, 1.165) is 29.6 Å². The first kappa shape index (κ1) is 17.7. The zero-order chi connectivity index (χ0) is 18.6. The first-order valence-electron chi connectivity index (χ1n) is 7.84. The minimum absolute atomic E-state index is 0.0898. The molecule has 1 N–H and O–H groups in total. The van der Waals surface area contributed by atoms with Gasteiger partial charge in [-0.2, -0.15) is 18.3 Å². The van der Waals surface area contributed by atoms with Gasteiger partial charge in [-0.15, -0.1) is 0 Å². The Morgan fingerprint density at radius 2 is 1.88 bits per heavy atom. The molecule has 2 heterocycles. The van der Waals surface area contributed by atoms with E-state index in [1.165, 1.54) is 0 Å². The Kier molecular flexibility index (Phi) is 5.01. The molecule has 0 unspecified atom stereocenters. The molecule has 8 heteroatoms. The van der Waals surface area contributed by atoms with Crippen LogP contribution < -0.4 is 5.32 Å². The second-order valence-corrected chi connectivity index (χ2v) is 5.55. The lowest BCUT2D eigenvalue weighted by Gasteiger charge is -2.08. The third kappa shape index (κ3) is 4.27. The second kappa shape index (κ2) is 7.38. The number of amides is 1. The fraction of sp³-hybridized carbons (Fsp3) is 0.167. The molecule has 3 aromatic rings. The van der Waals surface area contributed by atoms with Crippen LogP contribution in [0.5, 0.6) is 0 Å². The van der Waals surface area contributed by atoms with Crippen LogP contribution in [0, 0.1) is 0 Å². The van der Waals surface area contributed by atoms with Crippen molar-refractivity contribution in [1.82, 2.24) is 20.1 Å². The van der Waals surface area contributed by atoms with Gasteiger partial charge in [0.15, 0.2) is 0 Å². The molecule has 0 saturated heterocycles. The zero-order valence-corrected chi connectivity index (χ0v) is 13.6. The molecule has 1 aromatic carbocycles. The van der Waals surface area contributed by atoms with Gasteiger partial charge in [0.2, 0.25) is 0 Å². The zero-order valence-electron chi connectivity index (χ0n) is 13.6. The van der Waals surface area contributed by atoms with Crippen molar-refractivity contribution in [2.75, 3.05) is 6.54 Å². The van der Waals surface area contributed by atoms with Gasteiger partial charge in [-0.25, -0.2) is 4.68 Å². The third-order valence-corrected chi connectivity index (χ3v) is 3.72. The Labute approximate surface area is 147 Å². The minimum Gasteiger partial charge on any atom is -0.352 e. The quantitative estimate of drug-likeness (QED) is 0.760. The van der Waals surface area contributed by atoms with E-state index >= 15 is 0 Å². The summed E-state index contributed by atoms with van der Waals surface area (Å²) < 4.78 is 39.1. The number of hydrogen-bond acceptors (Lipinski definition) is 3. The van der Waals surface area contributed by atoms with Crippen LogP contribution in [0.3, 0.4) is 0 Å². The Morgan fingerprint density at radius 3 is 2.46 bits per heavy atom. The third-order valence-electron chi connectivity index (χ3n) is 3.72. The minimum atomic E-state index is -4.52.